The minimum atomic E-state index is -0.594. The number of aliphatic hydroxyl groups is 1. The molecule has 1 aromatic heterocycles. The lowest BCUT2D eigenvalue weighted by atomic mass is 10.2. The lowest BCUT2D eigenvalue weighted by molar-refractivity contribution is 0.0828. The van der Waals surface area contributed by atoms with E-state index in [2.05, 4.69) is 5.10 Å². The number of hydrogen-bond donors (Lipinski definition) is 1. The normalized spacial score (nSPS) is 12.8. The number of rotatable bonds is 7. The van der Waals surface area contributed by atoms with Crippen molar-refractivity contribution in [3.8, 4) is 5.75 Å². The second-order valence-corrected chi connectivity index (χ2v) is 3.42. The molecule has 0 radical (unpaired) electrons. The second kappa shape index (κ2) is 6.50. The summed E-state index contributed by atoms with van der Waals surface area (Å²) in [4.78, 5) is 0. The fourth-order valence-corrected chi connectivity index (χ4v) is 1.60. The van der Waals surface area contributed by atoms with Gasteiger partial charge in [0.15, 0.2) is 5.75 Å². The molecule has 0 aliphatic heterocycles. The van der Waals surface area contributed by atoms with Gasteiger partial charge in [0.25, 0.3) is 0 Å². The van der Waals surface area contributed by atoms with Crippen LogP contribution in [0.2, 0.25) is 0 Å². The van der Waals surface area contributed by atoms with E-state index in [4.69, 9.17) is 9.47 Å². The Kier molecular flexibility index (Phi) is 5.28. The van der Waals surface area contributed by atoms with Crippen molar-refractivity contribution in [1.29, 1.82) is 0 Å². The molecular weight excluding hydrogens is 208 g/mol. The lowest BCUT2D eigenvalue weighted by Gasteiger charge is -2.13. The highest BCUT2D eigenvalue weighted by molar-refractivity contribution is 5.27. The van der Waals surface area contributed by atoms with E-state index in [0.29, 0.717) is 31.9 Å². The Labute approximate surface area is 96.0 Å². The first-order valence-corrected chi connectivity index (χ1v) is 5.60. The first-order chi connectivity index (χ1) is 7.74. The molecule has 1 atom stereocenters. The lowest BCUT2D eigenvalue weighted by Crippen LogP contribution is -2.11. The van der Waals surface area contributed by atoms with E-state index in [9.17, 15) is 5.11 Å². The Bertz CT molecular complexity index is 291. The van der Waals surface area contributed by atoms with Crippen molar-refractivity contribution < 1.29 is 14.6 Å². The molecule has 5 heteroatoms. The van der Waals surface area contributed by atoms with Gasteiger partial charge in [0.1, 0.15) is 11.8 Å². The van der Waals surface area contributed by atoms with E-state index in [1.807, 2.05) is 13.8 Å². The highest BCUT2D eigenvalue weighted by Gasteiger charge is 2.18. The van der Waals surface area contributed by atoms with Crippen LogP contribution in [0.5, 0.6) is 5.75 Å². The monoisotopic (exact) mass is 228 g/mol. The van der Waals surface area contributed by atoms with Crippen LogP contribution in [-0.4, -0.2) is 35.2 Å². The van der Waals surface area contributed by atoms with Gasteiger partial charge in [0, 0.05) is 26.2 Å². The number of nitrogens with zero attached hydrogens (tertiary/aromatic N) is 2. The Morgan fingerprint density at radius 1 is 1.50 bits per heavy atom. The molecule has 0 bridgehead atoms. The molecule has 0 aliphatic rings. The van der Waals surface area contributed by atoms with Gasteiger partial charge in [0.05, 0.1) is 13.3 Å². The molecule has 0 amide bonds. The molecule has 0 aliphatic carbocycles. The van der Waals surface area contributed by atoms with Crippen LogP contribution < -0.4 is 4.74 Å². The maximum absolute atomic E-state index is 10.0. The van der Waals surface area contributed by atoms with Crippen LogP contribution in [0.4, 0.5) is 0 Å². The number of aliphatic hydroxyl groups excluding tert-OH is 1. The predicted molar refractivity (Wildman–Crippen MR) is 60.5 cm³/mol. The Balaban J connectivity index is 2.71. The number of methoxy groups -OCH3 is 1. The number of ether oxygens (including phenoxy) is 2. The quantitative estimate of drug-likeness (QED) is 0.716. The molecule has 1 unspecified atom stereocenters. The average Bonchev–Trinajstić information content (AvgIpc) is 2.71. The van der Waals surface area contributed by atoms with Gasteiger partial charge in [0.2, 0.25) is 0 Å². The van der Waals surface area contributed by atoms with Crippen molar-refractivity contribution in [2.24, 2.45) is 0 Å². The standard InChI is InChI=1S/C11H20N2O3/c1-4-13-11(10(15-3)8-12-13)9(14)6-7-16-5-2/h8-9,14H,4-7H2,1-3H3. The van der Waals surface area contributed by atoms with Gasteiger partial charge in [-0.15, -0.1) is 0 Å². The number of aryl methyl sites for hydroxylation is 1. The van der Waals surface area contributed by atoms with Crippen LogP contribution in [-0.2, 0) is 11.3 Å². The van der Waals surface area contributed by atoms with E-state index in [-0.39, 0.29) is 0 Å². The minimum absolute atomic E-state index is 0.537. The van der Waals surface area contributed by atoms with Crippen LogP contribution in [0.3, 0.4) is 0 Å². The number of hydrogen-bond acceptors (Lipinski definition) is 4. The van der Waals surface area contributed by atoms with Crippen LogP contribution in [0, 0.1) is 0 Å². The highest BCUT2D eigenvalue weighted by Crippen LogP contribution is 2.26. The fourth-order valence-electron chi connectivity index (χ4n) is 1.60. The zero-order valence-corrected chi connectivity index (χ0v) is 10.1. The van der Waals surface area contributed by atoms with Gasteiger partial charge in [-0.2, -0.15) is 5.10 Å². The van der Waals surface area contributed by atoms with E-state index >= 15 is 0 Å². The Morgan fingerprint density at radius 2 is 2.25 bits per heavy atom. The smallest absolute Gasteiger partial charge is 0.162 e. The maximum atomic E-state index is 10.0. The third kappa shape index (κ3) is 2.96. The van der Waals surface area contributed by atoms with Crippen molar-refractivity contribution in [2.75, 3.05) is 20.3 Å². The second-order valence-electron chi connectivity index (χ2n) is 3.42. The van der Waals surface area contributed by atoms with Gasteiger partial charge >= 0.3 is 0 Å². The largest absolute Gasteiger partial charge is 0.493 e. The van der Waals surface area contributed by atoms with Crippen LogP contribution in [0.1, 0.15) is 32.1 Å². The Morgan fingerprint density at radius 3 is 2.81 bits per heavy atom. The van der Waals surface area contributed by atoms with Gasteiger partial charge in [-0.05, 0) is 13.8 Å². The summed E-state index contributed by atoms with van der Waals surface area (Å²) in [5.74, 6) is 0.630. The molecular formula is C11H20N2O3. The molecule has 1 N–H and O–H groups in total. The molecule has 0 spiro atoms. The maximum Gasteiger partial charge on any atom is 0.162 e. The molecule has 1 aromatic rings. The predicted octanol–water partition coefficient (Wildman–Crippen LogP) is 1.37. The van der Waals surface area contributed by atoms with Crippen LogP contribution >= 0.6 is 0 Å². The molecule has 0 saturated heterocycles. The average molecular weight is 228 g/mol. The van der Waals surface area contributed by atoms with Crippen molar-refractivity contribution >= 4 is 0 Å². The van der Waals surface area contributed by atoms with E-state index in [0.717, 1.165) is 5.69 Å². The van der Waals surface area contributed by atoms with Crippen molar-refractivity contribution in [3.63, 3.8) is 0 Å². The van der Waals surface area contributed by atoms with E-state index in [1.54, 1.807) is 18.0 Å². The third-order valence-corrected chi connectivity index (χ3v) is 2.42. The van der Waals surface area contributed by atoms with Crippen LogP contribution in [0.25, 0.3) is 0 Å². The summed E-state index contributed by atoms with van der Waals surface area (Å²) in [5.41, 5.74) is 0.727. The summed E-state index contributed by atoms with van der Waals surface area (Å²) < 4.78 is 12.1. The summed E-state index contributed by atoms with van der Waals surface area (Å²) in [6.45, 7) is 5.82. The first-order valence-electron chi connectivity index (χ1n) is 5.60. The summed E-state index contributed by atoms with van der Waals surface area (Å²) in [6, 6.07) is 0. The van der Waals surface area contributed by atoms with Crippen LogP contribution in [0.15, 0.2) is 6.20 Å². The van der Waals surface area contributed by atoms with Gasteiger partial charge < -0.3 is 14.6 Å². The van der Waals surface area contributed by atoms with Gasteiger partial charge in [-0.1, -0.05) is 0 Å². The Hall–Kier alpha value is -1.07. The van der Waals surface area contributed by atoms with Crippen molar-refractivity contribution in [3.05, 3.63) is 11.9 Å². The van der Waals surface area contributed by atoms with Crippen molar-refractivity contribution in [2.45, 2.75) is 32.9 Å². The summed E-state index contributed by atoms with van der Waals surface area (Å²) in [7, 11) is 1.58. The molecule has 92 valence electrons. The zero-order valence-electron chi connectivity index (χ0n) is 10.1. The molecule has 5 nitrogen and oxygen atoms in total. The fraction of sp³-hybridized carbons (Fsp3) is 0.727. The molecule has 1 rings (SSSR count). The summed E-state index contributed by atoms with van der Waals surface area (Å²) >= 11 is 0. The molecule has 0 aromatic carbocycles. The molecule has 0 fully saturated rings. The summed E-state index contributed by atoms with van der Waals surface area (Å²) in [5, 5.41) is 14.2. The number of aromatic nitrogens is 2. The first kappa shape index (κ1) is 13.0. The van der Waals surface area contributed by atoms with E-state index in [1.165, 1.54) is 0 Å². The summed E-state index contributed by atoms with van der Waals surface area (Å²) in [6.07, 6.45) is 1.59. The van der Waals surface area contributed by atoms with E-state index < -0.39 is 6.10 Å². The topological polar surface area (TPSA) is 56.5 Å². The minimum Gasteiger partial charge on any atom is -0.493 e. The molecule has 1 heterocycles. The van der Waals surface area contributed by atoms with Gasteiger partial charge in [-0.3, -0.25) is 4.68 Å². The third-order valence-electron chi connectivity index (χ3n) is 2.42. The molecule has 0 saturated carbocycles. The van der Waals surface area contributed by atoms with Crippen molar-refractivity contribution in [1.82, 2.24) is 9.78 Å². The molecule has 16 heavy (non-hydrogen) atoms. The van der Waals surface area contributed by atoms with Gasteiger partial charge in [-0.25, -0.2) is 0 Å². The zero-order chi connectivity index (χ0) is 12.0. The SMILES string of the molecule is CCOCCC(O)c1c(OC)cnn1CC. The highest BCUT2D eigenvalue weighted by atomic mass is 16.5.